The SMILES string of the molecule is Cc1[c]cc(C(C)(C)C)[c]c1. The molecule has 0 heteroatoms. The van der Waals surface area contributed by atoms with E-state index in [0.717, 1.165) is 5.56 Å². The van der Waals surface area contributed by atoms with E-state index in [0.29, 0.717) is 0 Å². The first kappa shape index (κ1) is 8.32. The molecule has 0 N–H and O–H groups in total. The van der Waals surface area contributed by atoms with Crippen LogP contribution in [0.2, 0.25) is 0 Å². The van der Waals surface area contributed by atoms with Crippen LogP contribution in [0.5, 0.6) is 0 Å². The van der Waals surface area contributed by atoms with Crippen molar-refractivity contribution in [2.75, 3.05) is 0 Å². The Morgan fingerprint density at radius 3 is 2.09 bits per heavy atom. The second-order valence-electron chi connectivity index (χ2n) is 3.92. The lowest BCUT2D eigenvalue weighted by Gasteiger charge is -2.18. The molecule has 0 aliphatic heterocycles. The van der Waals surface area contributed by atoms with Crippen molar-refractivity contribution in [2.24, 2.45) is 0 Å². The largest absolute Gasteiger partial charge is 0.0561 e. The molecule has 2 radical (unpaired) electrons. The van der Waals surface area contributed by atoms with Crippen LogP contribution in [0.3, 0.4) is 0 Å². The number of benzene rings is 1. The molecule has 0 unspecified atom stereocenters. The van der Waals surface area contributed by atoms with Crippen molar-refractivity contribution in [3.8, 4) is 0 Å². The van der Waals surface area contributed by atoms with Crippen molar-refractivity contribution in [1.82, 2.24) is 0 Å². The minimum absolute atomic E-state index is 0.199. The maximum absolute atomic E-state index is 3.25. The zero-order chi connectivity index (χ0) is 8.48. The Morgan fingerprint density at radius 2 is 1.73 bits per heavy atom. The van der Waals surface area contributed by atoms with Gasteiger partial charge in [0.25, 0.3) is 0 Å². The number of aryl methyl sites for hydroxylation is 1. The molecule has 0 aliphatic carbocycles. The van der Waals surface area contributed by atoms with Crippen LogP contribution < -0.4 is 0 Å². The summed E-state index contributed by atoms with van der Waals surface area (Å²) in [5.74, 6) is 0. The average molecular weight is 146 g/mol. The molecule has 11 heavy (non-hydrogen) atoms. The van der Waals surface area contributed by atoms with Gasteiger partial charge in [-0.15, -0.1) is 0 Å². The lowest BCUT2D eigenvalue weighted by Crippen LogP contribution is -2.10. The van der Waals surface area contributed by atoms with Gasteiger partial charge in [0.05, 0.1) is 0 Å². The predicted molar refractivity (Wildman–Crippen MR) is 47.6 cm³/mol. The van der Waals surface area contributed by atoms with Crippen LogP contribution in [-0.2, 0) is 5.41 Å². The van der Waals surface area contributed by atoms with Crippen molar-refractivity contribution in [3.05, 3.63) is 35.4 Å². The first-order valence-corrected chi connectivity index (χ1v) is 3.90. The van der Waals surface area contributed by atoms with E-state index in [1.54, 1.807) is 0 Å². The summed E-state index contributed by atoms with van der Waals surface area (Å²) in [6, 6.07) is 10.4. The lowest BCUT2D eigenvalue weighted by atomic mass is 9.87. The third-order valence-corrected chi connectivity index (χ3v) is 1.70. The Kier molecular flexibility index (Phi) is 2.03. The summed E-state index contributed by atoms with van der Waals surface area (Å²) in [7, 11) is 0. The zero-order valence-electron chi connectivity index (χ0n) is 7.65. The van der Waals surface area contributed by atoms with Gasteiger partial charge in [-0.05, 0) is 41.7 Å². The van der Waals surface area contributed by atoms with E-state index in [1.165, 1.54) is 5.56 Å². The minimum Gasteiger partial charge on any atom is -0.0561 e. The van der Waals surface area contributed by atoms with Gasteiger partial charge in [-0.3, -0.25) is 0 Å². The Hall–Kier alpha value is -0.780. The van der Waals surface area contributed by atoms with Crippen molar-refractivity contribution in [1.29, 1.82) is 0 Å². The van der Waals surface area contributed by atoms with Crippen LogP contribution in [0.1, 0.15) is 31.9 Å². The molecule has 1 aromatic carbocycles. The maximum atomic E-state index is 3.25. The minimum atomic E-state index is 0.199. The topological polar surface area (TPSA) is 0 Å². The van der Waals surface area contributed by atoms with Gasteiger partial charge in [0.2, 0.25) is 0 Å². The van der Waals surface area contributed by atoms with Crippen LogP contribution in [0.15, 0.2) is 12.1 Å². The Balaban J connectivity index is 2.99. The van der Waals surface area contributed by atoms with Crippen molar-refractivity contribution >= 4 is 0 Å². The number of hydrogen-bond donors (Lipinski definition) is 0. The highest BCUT2D eigenvalue weighted by atomic mass is 14.2. The Labute approximate surface area is 69.3 Å². The highest BCUT2D eigenvalue weighted by molar-refractivity contribution is 5.24. The molecule has 0 amide bonds. The van der Waals surface area contributed by atoms with Gasteiger partial charge in [0, 0.05) is 0 Å². The van der Waals surface area contributed by atoms with Crippen LogP contribution >= 0.6 is 0 Å². The summed E-state index contributed by atoms with van der Waals surface area (Å²) in [5.41, 5.74) is 2.57. The lowest BCUT2D eigenvalue weighted by molar-refractivity contribution is 0.589. The summed E-state index contributed by atoms with van der Waals surface area (Å²) >= 11 is 0. The molecule has 1 aromatic rings. The van der Waals surface area contributed by atoms with Gasteiger partial charge in [0.15, 0.2) is 0 Å². The summed E-state index contributed by atoms with van der Waals surface area (Å²) in [4.78, 5) is 0. The van der Waals surface area contributed by atoms with E-state index in [9.17, 15) is 0 Å². The van der Waals surface area contributed by atoms with E-state index in [-0.39, 0.29) is 5.41 Å². The molecule has 58 valence electrons. The second kappa shape index (κ2) is 2.69. The first-order valence-electron chi connectivity index (χ1n) is 3.90. The van der Waals surface area contributed by atoms with Gasteiger partial charge in [-0.2, -0.15) is 0 Å². The van der Waals surface area contributed by atoms with E-state index in [2.05, 4.69) is 32.9 Å². The van der Waals surface area contributed by atoms with Gasteiger partial charge in [-0.1, -0.05) is 26.8 Å². The van der Waals surface area contributed by atoms with Crippen LogP contribution in [0, 0.1) is 19.1 Å². The molecule has 0 bridgehead atoms. The van der Waals surface area contributed by atoms with E-state index >= 15 is 0 Å². The van der Waals surface area contributed by atoms with E-state index < -0.39 is 0 Å². The highest BCUT2D eigenvalue weighted by Crippen LogP contribution is 2.20. The van der Waals surface area contributed by atoms with Crippen LogP contribution in [-0.4, -0.2) is 0 Å². The second-order valence-corrected chi connectivity index (χ2v) is 3.92. The van der Waals surface area contributed by atoms with Crippen molar-refractivity contribution < 1.29 is 0 Å². The van der Waals surface area contributed by atoms with Gasteiger partial charge >= 0.3 is 0 Å². The standard InChI is InChI=1S/C11H14/c1-9-5-7-10(8-6-9)11(2,3)4/h5,8H,1-4H3. The fourth-order valence-corrected chi connectivity index (χ4v) is 0.888. The van der Waals surface area contributed by atoms with Crippen molar-refractivity contribution in [2.45, 2.75) is 33.1 Å². The fourth-order valence-electron chi connectivity index (χ4n) is 0.888. The van der Waals surface area contributed by atoms with Crippen molar-refractivity contribution in [3.63, 3.8) is 0 Å². The summed E-state index contributed by atoms with van der Waals surface area (Å²) < 4.78 is 0. The fraction of sp³-hybridized carbons (Fsp3) is 0.455. The quantitative estimate of drug-likeness (QED) is 0.528. The molecule has 0 heterocycles. The molecular formula is C11H14. The molecule has 0 atom stereocenters. The molecule has 0 aliphatic rings. The molecule has 0 fully saturated rings. The highest BCUT2D eigenvalue weighted by Gasteiger charge is 2.12. The Morgan fingerprint density at radius 1 is 1.09 bits per heavy atom. The third kappa shape index (κ3) is 2.07. The van der Waals surface area contributed by atoms with E-state index in [4.69, 9.17) is 0 Å². The van der Waals surface area contributed by atoms with Gasteiger partial charge in [-0.25, -0.2) is 0 Å². The molecule has 0 aromatic heterocycles. The number of rotatable bonds is 0. The Bertz CT molecular complexity index is 223. The molecule has 0 saturated carbocycles. The normalized spacial score (nSPS) is 11.6. The van der Waals surface area contributed by atoms with Crippen LogP contribution in [0.4, 0.5) is 0 Å². The summed E-state index contributed by atoms with van der Waals surface area (Å²) in [6.07, 6.45) is 0. The molecular weight excluding hydrogens is 132 g/mol. The predicted octanol–water partition coefficient (Wildman–Crippen LogP) is 2.89. The van der Waals surface area contributed by atoms with E-state index in [1.807, 2.05) is 19.1 Å². The average Bonchev–Trinajstić information content (AvgIpc) is 1.86. The zero-order valence-corrected chi connectivity index (χ0v) is 7.65. The summed E-state index contributed by atoms with van der Waals surface area (Å²) in [6.45, 7) is 8.58. The number of hydrogen-bond acceptors (Lipinski definition) is 0. The molecule has 1 rings (SSSR count). The smallest absolute Gasteiger partial charge is 0.0125 e. The third-order valence-electron chi connectivity index (χ3n) is 1.70. The first-order chi connectivity index (χ1) is 5.00. The molecule has 0 saturated heterocycles. The molecule has 0 spiro atoms. The summed E-state index contributed by atoms with van der Waals surface area (Å²) in [5, 5.41) is 0. The monoisotopic (exact) mass is 146 g/mol. The van der Waals surface area contributed by atoms with Crippen LogP contribution in [0.25, 0.3) is 0 Å². The van der Waals surface area contributed by atoms with Gasteiger partial charge in [0.1, 0.15) is 0 Å². The molecule has 0 nitrogen and oxygen atoms in total. The maximum Gasteiger partial charge on any atom is -0.0125 e. The van der Waals surface area contributed by atoms with Gasteiger partial charge < -0.3 is 0 Å².